The zero-order valence-corrected chi connectivity index (χ0v) is 77.5. The topological polar surface area (TPSA) is 849 Å². The van der Waals surface area contributed by atoms with Crippen LogP contribution in [0, 0.1) is 0 Å². The fraction of sp³-hybridized carbons (Fsp3) is 0.881. The van der Waals surface area contributed by atoms with E-state index in [0.29, 0.717) is 19.3 Å². The monoisotopic (exact) mass is 2020 g/mol. The molecular weight excluding hydrogens is 1870 g/mol. The first kappa shape index (κ1) is 121. The molecule has 0 aliphatic carbocycles. The highest BCUT2D eigenvalue weighted by atomic mass is 16.7. The molecule has 6 aliphatic rings. The summed E-state index contributed by atoms with van der Waals surface area (Å²) < 4.78 is 65.3. The summed E-state index contributed by atoms with van der Waals surface area (Å²) in [6.45, 7) is -5.91. The smallest absolute Gasteiger partial charge is 0.308 e. The SMILES string of the molecule is CCN(CCO[C@@H]1O[C@@H](CO)[C@H](O)[C@@H](O)[C@H]1O)C(=O)CCCCCNC(=O)CC[C@H](NC(=O)CC[C@H](NC(=O)CNC(=O)CCCCC(=O)O[C@@H]1O[C@@H](CO)[C@H](O)[C@@H](O)[C@H]1O)C(=O)NCCCCCC(=O)N(CCO[C@@H]1O[C@@H](CO)[C@H](O)[C@@H](O)[C@H]1O)CCO[C@@H]1O[C@@H](CO)[C@H](O)[C@@H](O)[C@H]1O)C(=O)NCCCCCC(=O)N(CCO[C@@H]1O[C@@H](CO)[C@H](O)[C@@H](O)[C@H]1O)CCO[C@@H]1O[C@@H](CO)[C@H](O)[C@@H](O)[C@H]1O. The number of hydrogen-bond acceptors (Lipinski definition) is 46. The number of unbranched alkanes of at least 4 members (excludes halogenated alkanes) is 7. The van der Waals surface area contributed by atoms with Gasteiger partial charge in [0.05, 0.1) is 79.2 Å². The summed E-state index contributed by atoms with van der Waals surface area (Å²) in [7, 11) is 0. The van der Waals surface area contributed by atoms with Gasteiger partial charge in [-0.15, -0.1) is 0 Å². The number of nitrogens with zero attached hydrogens (tertiary/aromatic N) is 3. The Labute approximate surface area is 800 Å². The maximum atomic E-state index is 14.2. The summed E-state index contributed by atoms with van der Waals surface area (Å²) >= 11 is 0. The van der Waals surface area contributed by atoms with Gasteiger partial charge in [-0.2, -0.15) is 0 Å². The van der Waals surface area contributed by atoms with Crippen LogP contribution in [0.15, 0.2) is 0 Å². The second-order valence-electron chi connectivity index (χ2n) is 34.4. The summed E-state index contributed by atoms with van der Waals surface area (Å²) in [6, 6.07) is -3.02. The van der Waals surface area contributed by atoms with Crippen molar-refractivity contribution in [2.45, 2.75) is 332 Å². The van der Waals surface area contributed by atoms with E-state index in [1.165, 1.54) is 14.7 Å². The molecular formula is C84H147N9O46. The highest BCUT2D eigenvalue weighted by molar-refractivity contribution is 5.91. The van der Waals surface area contributed by atoms with E-state index in [-0.39, 0.29) is 194 Å². The van der Waals surface area contributed by atoms with Crippen molar-refractivity contribution in [2.24, 2.45) is 0 Å². The Bertz CT molecular complexity index is 3530. The third-order valence-corrected chi connectivity index (χ3v) is 24.2. The molecule has 6 saturated heterocycles. The quantitative estimate of drug-likeness (QED) is 0.0199. The average Bonchev–Trinajstić information content (AvgIpc) is 0.831. The van der Waals surface area contributed by atoms with Gasteiger partial charge in [0.15, 0.2) is 31.5 Å². The fourth-order valence-corrected chi connectivity index (χ4v) is 15.6. The molecule has 0 spiro atoms. The molecule has 0 bridgehead atoms. The van der Waals surface area contributed by atoms with Crippen LogP contribution in [-0.2, 0) is 105 Å². The van der Waals surface area contributed by atoms with Gasteiger partial charge in [0.1, 0.15) is 159 Å². The van der Waals surface area contributed by atoms with Gasteiger partial charge in [-0.25, -0.2) is 0 Å². The molecule has 0 aromatic heterocycles. The highest BCUT2D eigenvalue weighted by Gasteiger charge is 2.51. The maximum Gasteiger partial charge on any atom is 0.308 e. The van der Waals surface area contributed by atoms with E-state index in [2.05, 4.69) is 31.9 Å². The molecule has 6 fully saturated rings. The number of nitrogens with one attached hydrogen (secondary N) is 6. The molecule has 55 heteroatoms. The average molecular weight is 2020 g/mol. The van der Waals surface area contributed by atoms with E-state index in [1.807, 2.05) is 0 Å². The zero-order valence-electron chi connectivity index (χ0n) is 77.5. The van der Waals surface area contributed by atoms with Crippen LogP contribution in [0.2, 0.25) is 0 Å². The normalized spacial score (nSPS) is 31.9. The Kier molecular flexibility index (Phi) is 55.3. The van der Waals surface area contributed by atoms with Crippen LogP contribution >= 0.6 is 0 Å². The van der Waals surface area contributed by atoms with Crippen molar-refractivity contribution in [2.75, 3.05) is 138 Å². The van der Waals surface area contributed by atoms with Crippen LogP contribution in [-0.4, -0.2) is 531 Å². The van der Waals surface area contributed by atoms with Gasteiger partial charge in [0.25, 0.3) is 0 Å². The van der Waals surface area contributed by atoms with Crippen molar-refractivity contribution in [1.29, 1.82) is 0 Å². The molecule has 9 amide bonds. The molecule has 6 rings (SSSR count). The first-order valence-corrected chi connectivity index (χ1v) is 46.9. The second-order valence-corrected chi connectivity index (χ2v) is 34.4. The first-order valence-electron chi connectivity index (χ1n) is 46.9. The largest absolute Gasteiger partial charge is 0.433 e. The molecule has 0 aromatic rings. The van der Waals surface area contributed by atoms with Crippen LogP contribution in [0.3, 0.4) is 0 Å². The Morgan fingerprint density at radius 1 is 0.273 bits per heavy atom. The number of aliphatic hydroxyl groups excluding tert-OH is 24. The van der Waals surface area contributed by atoms with Gasteiger partial charge >= 0.3 is 5.97 Å². The molecule has 139 heavy (non-hydrogen) atoms. The lowest BCUT2D eigenvalue weighted by molar-refractivity contribution is -0.303. The number of likely N-dealkylation sites (N-methyl/N-ethyl adjacent to an activating group) is 1. The van der Waals surface area contributed by atoms with E-state index >= 15 is 0 Å². The number of carbonyl (C=O) groups is 10. The second kappa shape index (κ2) is 63.5. The van der Waals surface area contributed by atoms with E-state index in [0.717, 1.165) is 0 Å². The Morgan fingerprint density at radius 3 is 0.849 bits per heavy atom. The van der Waals surface area contributed by atoms with Crippen LogP contribution < -0.4 is 31.9 Å². The summed E-state index contributed by atoms with van der Waals surface area (Å²) in [5, 5.41) is 259. The Balaban J connectivity index is 1.10. The van der Waals surface area contributed by atoms with E-state index in [4.69, 9.17) is 56.8 Å². The number of carbonyl (C=O) groups excluding carboxylic acids is 10. The predicted molar refractivity (Wildman–Crippen MR) is 462 cm³/mol. The Hall–Kier alpha value is -6.70. The van der Waals surface area contributed by atoms with E-state index < -0.39 is 309 Å². The highest BCUT2D eigenvalue weighted by Crippen LogP contribution is 2.30. The molecule has 32 atom stereocenters. The van der Waals surface area contributed by atoms with Crippen molar-refractivity contribution in [3.8, 4) is 0 Å². The third-order valence-electron chi connectivity index (χ3n) is 24.2. The van der Waals surface area contributed by atoms with Crippen LogP contribution in [0.25, 0.3) is 0 Å². The molecule has 55 nitrogen and oxygen atoms in total. The molecule has 804 valence electrons. The maximum absolute atomic E-state index is 14.2. The summed E-state index contributed by atoms with van der Waals surface area (Å²) in [6.07, 6.45) is -49.0. The van der Waals surface area contributed by atoms with Crippen LogP contribution in [0.4, 0.5) is 0 Å². The third kappa shape index (κ3) is 38.7. The molecule has 6 aliphatic heterocycles. The minimum atomic E-state index is -1.87. The van der Waals surface area contributed by atoms with Gasteiger partial charge in [-0.3, -0.25) is 47.9 Å². The van der Waals surface area contributed by atoms with Crippen molar-refractivity contribution in [3.05, 3.63) is 0 Å². The molecule has 6 heterocycles. The lowest BCUT2D eigenvalue weighted by Gasteiger charge is -2.40. The van der Waals surface area contributed by atoms with Gasteiger partial charge < -0.3 is 226 Å². The van der Waals surface area contributed by atoms with Crippen LogP contribution in [0.1, 0.15) is 135 Å². The first-order chi connectivity index (χ1) is 66.3. The molecule has 0 saturated carbocycles. The predicted octanol–water partition coefficient (Wildman–Crippen LogP) is -15.8. The summed E-state index contributed by atoms with van der Waals surface area (Å²) in [5.41, 5.74) is 0. The van der Waals surface area contributed by atoms with Crippen molar-refractivity contribution in [1.82, 2.24) is 46.6 Å². The molecule has 30 N–H and O–H groups in total. The number of esters is 1. The molecule has 0 aromatic carbocycles. The standard InChI is InChI=1S/C84H147N9O46/c1-2-91(26-31-128-79-71(120)65(114)59(108)45(37-94)133-79)55(104)15-6-3-11-23-85-52(101)21-19-43(77(126)86-24-12-4-7-16-56(105)92(27-32-129-80-72(121)66(115)60(109)46(38-95)134-80)28-33-130-81-73(122)67(116)61(110)47(39-96)135-81)89-53(102)22-20-44(90-54(103)36-88-51(100)14-9-10-18-58(107)139-84-76(125)70(119)64(113)50(42-99)138-84)78(127)87-25-13-5-8-17-57(106)93(29-34-131-82-74(123)68(117)62(111)48(40-97)136-82)30-35-132-83-75(124)69(118)63(112)49(41-98)137-83/h43-50,59-76,79-84,94-99,108-125H,2-42H2,1H3,(H,85,101)(H,86,126)(H,87,127)(H,88,100)(H,89,102)(H,90,103)/t43-,44-,45-,46-,47-,48-,49-,50-,59-,60-,61-,62-,63-,64-,65+,66+,67+,68+,69+,70+,71+,72+,73+,74+,75+,76+,79+,80+,81+,82+,83+,84-/m0/s1. The molecule has 0 radical (unpaired) electrons. The van der Waals surface area contributed by atoms with Crippen molar-refractivity contribution < 1.29 is 227 Å². The number of hydrogen-bond donors (Lipinski definition) is 30. The Morgan fingerprint density at radius 2 is 0.532 bits per heavy atom. The van der Waals surface area contributed by atoms with Crippen molar-refractivity contribution >= 4 is 59.1 Å². The lowest BCUT2D eigenvalue weighted by Crippen LogP contribution is -2.59. The lowest BCUT2D eigenvalue weighted by atomic mass is 9.99. The van der Waals surface area contributed by atoms with Crippen LogP contribution in [0.5, 0.6) is 0 Å². The fourth-order valence-electron chi connectivity index (χ4n) is 15.6. The number of aliphatic hydroxyl groups is 24. The minimum Gasteiger partial charge on any atom is -0.433 e. The van der Waals surface area contributed by atoms with E-state index in [9.17, 15) is 171 Å². The zero-order chi connectivity index (χ0) is 103. The van der Waals surface area contributed by atoms with E-state index in [1.54, 1.807) is 6.92 Å². The van der Waals surface area contributed by atoms with Gasteiger partial charge in [0.2, 0.25) is 59.5 Å². The number of amides is 9. The summed E-state index contributed by atoms with van der Waals surface area (Å²) in [5.74, 6) is -7.00. The van der Waals surface area contributed by atoms with Crippen molar-refractivity contribution in [3.63, 3.8) is 0 Å². The van der Waals surface area contributed by atoms with Gasteiger partial charge in [0, 0.05) is 104 Å². The minimum absolute atomic E-state index is 0.00911. The molecule has 0 unspecified atom stereocenters. The number of ether oxygens (including phenoxy) is 12. The number of rotatable bonds is 63. The summed E-state index contributed by atoms with van der Waals surface area (Å²) in [4.78, 5) is 140. The van der Waals surface area contributed by atoms with Gasteiger partial charge in [-0.1, -0.05) is 19.3 Å². The van der Waals surface area contributed by atoms with Gasteiger partial charge in [-0.05, 0) is 71.1 Å².